The zero-order valence-electron chi connectivity index (χ0n) is 8.42. The molecule has 0 spiro atoms. The van der Waals surface area contributed by atoms with Crippen molar-refractivity contribution in [1.29, 1.82) is 0 Å². The molecule has 0 radical (unpaired) electrons. The second-order valence-electron chi connectivity index (χ2n) is 3.43. The Bertz CT molecular complexity index is 398. The molecule has 0 amide bonds. The molecule has 4 nitrogen and oxygen atoms in total. The maximum absolute atomic E-state index is 8.60. The Morgan fingerprint density at radius 3 is 2.87 bits per heavy atom. The Hall–Kier alpha value is -1.84. The molecule has 1 aromatic rings. The lowest BCUT2D eigenvalue weighted by atomic mass is 10.0. The number of hydrogen-bond donors (Lipinski definition) is 1. The molecule has 15 heavy (non-hydrogen) atoms. The van der Waals surface area contributed by atoms with Crippen LogP contribution in [-0.2, 0) is 4.84 Å². The van der Waals surface area contributed by atoms with E-state index in [0.717, 1.165) is 5.56 Å². The summed E-state index contributed by atoms with van der Waals surface area (Å²) in [7, 11) is 0. The molecule has 1 aromatic carbocycles. The summed E-state index contributed by atoms with van der Waals surface area (Å²) in [5, 5.41) is 15.6. The van der Waals surface area contributed by atoms with Gasteiger partial charge in [0.15, 0.2) is 6.10 Å². The molecule has 4 heteroatoms. The summed E-state index contributed by atoms with van der Waals surface area (Å²) in [5.74, 6) is 0. The molecule has 0 saturated carbocycles. The summed E-state index contributed by atoms with van der Waals surface area (Å²) >= 11 is 0. The number of nitrogens with zero attached hydrogens (tertiary/aromatic N) is 2. The van der Waals surface area contributed by atoms with Crippen LogP contribution in [0.25, 0.3) is 0 Å². The summed E-state index contributed by atoms with van der Waals surface area (Å²) in [6.45, 7) is 1.70. The molecular formula is C11H12N2O2. The van der Waals surface area contributed by atoms with Crippen molar-refractivity contribution >= 4 is 11.4 Å². The van der Waals surface area contributed by atoms with E-state index in [2.05, 4.69) is 10.3 Å². The molecule has 0 fully saturated rings. The van der Waals surface area contributed by atoms with E-state index in [1.54, 1.807) is 6.92 Å². The maximum atomic E-state index is 8.60. The first-order valence-electron chi connectivity index (χ1n) is 4.78. The van der Waals surface area contributed by atoms with Gasteiger partial charge in [-0.15, -0.1) is 0 Å². The normalized spacial score (nSPS) is 21.0. The number of benzene rings is 1. The van der Waals surface area contributed by atoms with Crippen molar-refractivity contribution in [3.63, 3.8) is 0 Å². The molecule has 1 unspecified atom stereocenters. The van der Waals surface area contributed by atoms with Crippen LogP contribution in [0.4, 0.5) is 0 Å². The zero-order chi connectivity index (χ0) is 10.7. The minimum Gasteiger partial charge on any atom is -0.411 e. The van der Waals surface area contributed by atoms with Crippen LogP contribution >= 0.6 is 0 Å². The van der Waals surface area contributed by atoms with Gasteiger partial charge in [-0.1, -0.05) is 40.6 Å². The lowest BCUT2D eigenvalue weighted by molar-refractivity contribution is 0.0857. The molecule has 1 atom stereocenters. The van der Waals surface area contributed by atoms with Crippen molar-refractivity contribution in [3.8, 4) is 0 Å². The molecule has 1 heterocycles. The highest BCUT2D eigenvalue weighted by Crippen LogP contribution is 2.27. The van der Waals surface area contributed by atoms with Crippen molar-refractivity contribution < 1.29 is 10.0 Å². The number of hydrogen-bond acceptors (Lipinski definition) is 4. The van der Waals surface area contributed by atoms with Gasteiger partial charge in [-0.2, -0.15) is 0 Å². The van der Waals surface area contributed by atoms with Crippen LogP contribution in [0, 0.1) is 0 Å². The van der Waals surface area contributed by atoms with Crippen LogP contribution in [0.15, 0.2) is 40.6 Å². The highest BCUT2D eigenvalue weighted by Gasteiger charge is 2.24. The minimum atomic E-state index is -0.0575. The molecule has 0 bridgehead atoms. The molecule has 1 aliphatic heterocycles. The van der Waals surface area contributed by atoms with Crippen molar-refractivity contribution in [1.82, 2.24) is 0 Å². The van der Waals surface area contributed by atoms with E-state index in [-0.39, 0.29) is 6.10 Å². The van der Waals surface area contributed by atoms with E-state index in [9.17, 15) is 0 Å². The largest absolute Gasteiger partial charge is 0.411 e. The zero-order valence-corrected chi connectivity index (χ0v) is 8.42. The van der Waals surface area contributed by atoms with Gasteiger partial charge in [0.05, 0.1) is 0 Å². The number of oxime groups is 2. The van der Waals surface area contributed by atoms with Gasteiger partial charge in [0.25, 0.3) is 0 Å². The van der Waals surface area contributed by atoms with Crippen LogP contribution in [0.5, 0.6) is 0 Å². The van der Waals surface area contributed by atoms with Crippen LogP contribution < -0.4 is 0 Å². The first-order valence-corrected chi connectivity index (χ1v) is 4.78. The maximum Gasteiger partial charge on any atom is 0.158 e. The minimum absolute atomic E-state index is 0.0575. The number of rotatable bonds is 2. The lowest BCUT2D eigenvalue weighted by Crippen LogP contribution is -2.08. The van der Waals surface area contributed by atoms with E-state index in [0.29, 0.717) is 17.8 Å². The quantitative estimate of drug-likeness (QED) is 0.456. The standard InChI is InChI=1S/C11H12N2O2/c1-8(12-14)10-7-11(15-13-10)9-5-3-2-4-6-9/h2-6,11,14H,7H2,1H3. The Morgan fingerprint density at radius 2 is 2.20 bits per heavy atom. The third-order valence-corrected chi connectivity index (χ3v) is 2.41. The fraction of sp³-hybridized carbons (Fsp3) is 0.273. The second kappa shape index (κ2) is 4.13. The van der Waals surface area contributed by atoms with Crippen molar-refractivity contribution in [3.05, 3.63) is 35.9 Å². The summed E-state index contributed by atoms with van der Waals surface area (Å²) in [4.78, 5) is 5.27. The molecular weight excluding hydrogens is 192 g/mol. The van der Waals surface area contributed by atoms with Crippen LogP contribution in [0.2, 0.25) is 0 Å². The summed E-state index contributed by atoms with van der Waals surface area (Å²) in [6.07, 6.45) is 0.595. The third-order valence-electron chi connectivity index (χ3n) is 2.41. The van der Waals surface area contributed by atoms with Gasteiger partial charge in [-0.3, -0.25) is 0 Å². The molecule has 78 valence electrons. The van der Waals surface area contributed by atoms with Crippen LogP contribution in [0.3, 0.4) is 0 Å². The molecule has 0 saturated heterocycles. The van der Waals surface area contributed by atoms with Crippen molar-refractivity contribution in [2.75, 3.05) is 0 Å². The predicted molar refractivity (Wildman–Crippen MR) is 57.2 cm³/mol. The monoisotopic (exact) mass is 204 g/mol. The van der Waals surface area contributed by atoms with Gasteiger partial charge in [-0.25, -0.2) is 0 Å². The molecule has 1 aliphatic rings. The summed E-state index contributed by atoms with van der Waals surface area (Å²) in [5.41, 5.74) is 2.29. The first-order chi connectivity index (χ1) is 7.31. The van der Waals surface area contributed by atoms with Gasteiger partial charge in [0.2, 0.25) is 0 Å². The second-order valence-corrected chi connectivity index (χ2v) is 3.43. The SMILES string of the molecule is CC(=NO)C1=NOC(c2ccccc2)C1. The summed E-state index contributed by atoms with van der Waals surface area (Å²) in [6, 6.07) is 9.87. The Kier molecular flexibility index (Phi) is 2.67. The smallest absolute Gasteiger partial charge is 0.158 e. The first kappa shape index (κ1) is 9.71. The Morgan fingerprint density at radius 1 is 1.47 bits per heavy atom. The average molecular weight is 204 g/mol. The van der Waals surface area contributed by atoms with Crippen LogP contribution in [-0.4, -0.2) is 16.6 Å². The van der Waals surface area contributed by atoms with E-state index >= 15 is 0 Å². The molecule has 2 rings (SSSR count). The lowest BCUT2D eigenvalue weighted by Gasteiger charge is -2.07. The van der Waals surface area contributed by atoms with Crippen LogP contribution in [0.1, 0.15) is 25.0 Å². The van der Waals surface area contributed by atoms with Gasteiger partial charge in [-0.05, 0) is 12.5 Å². The topological polar surface area (TPSA) is 54.2 Å². The summed E-state index contributed by atoms with van der Waals surface area (Å²) < 4.78 is 0. The fourth-order valence-corrected chi connectivity index (χ4v) is 1.50. The highest BCUT2D eigenvalue weighted by molar-refractivity contribution is 6.41. The van der Waals surface area contributed by atoms with Gasteiger partial charge < -0.3 is 10.0 Å². The molecule has 1 N–H and O–H groups in total. The molecule has 0 aliphatic carbocycles. The van der Waals surface area contributed by atoms with E-state index < -0.39 is 0 Å². The van der Waals surface area contributed by atoms with Gasteiger partial charge in [0, 0.05) is 6.42 Å². The fourth-order valence-electron chi connectivity index (χ4n) is 1.50. The van der Waals surface area contributed by atoms with Crippen molar-refractivity contribution in [2.24, 2.45) is 10.3 Å². The third kappa shape index (κ3) is 1.98. The van der Waals surface area contributed by atoms with Gasteiger partial charge in [0.1, 0.15) is 11.4 Å². The average Bonchev–Trinajstić information content (AvgIpc) is 2.78. The Balaban J connectivity index is 2.09. The highest BCUT2D eigenvalue weighted by atomic mass is 16.6. The van der Waals surface area contributed by atoms with E-state index in [1.165, 1.54) is 0 Å². The van der Waals surface area contributed by atoms with Gasteiger partial charge >= 0.3 is 0 Å². The Labute approximate surface area is 87.9 Å². The van der Waals surface area contributed by atoms with E-state index in [4.69, 9.17) is 10.0 Å². The molecule has 0 aromatic heterocycles. The van der Waals surface area contributed by atoms with Crippen molar-refractivity contribution in [2.45, 2.75) is 19.4 Å². The predicted octanol–water partition coefficient (Wildman–Crippen LogP) is 2.35. The van der Waals surface area contributed by atoms with E-state index in [1.807, 2.05) is 30.3 Å².